The fraction of sp³-hybridized carbons (Fsp3) is 0.556. The van der Waals surface area contributed by atoms with Gasteiger partial charge in [-0.1, -0.05) is 6.92 Å². The van der Waals surface area contributed by atoms with Gasteiger partial charge in [-0.3, -0.25) is 4.79 Å². The van der Waals surface area contributed by atoms with Crippen LogP contribution < -0.4 is 11.1 Å². The molecule has 0 saturated heterocycles. The second-order valence-electron chi connectivity index (χ2n) is 3.10. The molecule has 1 rings (SSSR count). The summed E-state index contributed by atoms with van der Waals surface area (Å²) in [6.45, 7) is 4.49. The highest BCUT2D eigenvalue weighted by Crippen LogP contribution is 2.07. The number of nitrogens with one attached hydrogen (secondary N) is 1. The molecule has 5 heteroatoms. The van der Waals surface area contributed by atoms with E-state index in [0.29, 0.717) is 13.0 Å². The Labute approximate surface area is 87.5 Å². The lowest BCUT2D eigenvalue weighted by atomic mass is 10.2. The second-order valence-corrected chi connectivity index (χ2v) is 4.16. The minimum Gasteiger partial charge on any atom is -0.368 e. The van der Waals surface area contributed by atoms with Gasteiger partial charge in [0.1, 0.15) is 0 Å². The Morgan fingerprint density at radius 3 is 2.93 bits per heavy atom. The van der Waals surface area contributed by atoms with E-state index >= 15 is 0 Å². The first-order chi connectivity index (χ1) is 6.63. The molecule has 1 heterocycles. The fourth-order valence-electron chi connectivity index (χ4n) is 1.16. The van der Waals surface area contributed by atoms with Gasteiger partial charge < -0.3 is 11.1 Å². The van der Waals surface area contributed by atoms with Crippen molar-refractivity contribution < 1.29 is 4.79 Å². The summed E-state index contributed by atoms with van der Waals surface area (Å²) in [5, 5.41) is 6.09. The van der Waals surface area contributed by atoms with E-state index in [4.69, 9.17) is 5.73 Å². The number of thiazole rings is 1. The van der Waals surface area contributed by atoms with E-state index in [1.54, 1.807) is 11.3 Å². The fourth-order valence-corrected chi connectivity index (χ4v) is 1.78. The van der Waals surface area contributed by atoms with Crippen molar-refractivity contribution in [2.75, 3.05) is 0 Å². The molecule has 0 aliphatic heterocycles. The molecule has 0 bridgehead atoms. The molecule has 4 nitrogen and oxygen atoms in total. The van der Waals surface area contributed by atoms with Gasteiger partial charge in [0.15, 0.2) is 0 Å². The van der Waals surface area contributed by atoms with Gasteiger partial charge in [0.05, 0.1) is 16.7 Å². The summed E-state index contributed by atoms with van der Waals surface area (Å²) in [4.78, 5) is 15.2. The number of amides is 1. The summed E-state index contributed by atoms with van der Waals surface area (Å²) in [6, 6.07) is -0.253. The second kappa shape index (κ2) is 5.07. The van der Waals surface area contributed by atoms with E-state index in [2.05, 4.69) is 10.3 Å². The third kappa shape index (κ3) is 3.08. The topological polar surface area (TPSA) is 68.0 Å². The summed E-state index contributed by atoms with van der Waals surface area (Å²) in [7, 11) is 0. The number of nitrogens with zero attached hydrogens (tertiary/aromatic N) is 1. The number of carbonyl (C=O) groups is 1. The van der Waals surface area contributed by atoms with E-state index in [1.165, 1.54) is 0 Å². The van der Waals surface area contributed by atoms with E-state index in [-0.39, 0.29) is 11.9 Å². The molecule has 1 aromatic rings. The van der Waals surface area contributed by atoms with Gasteiger partial charge >= 0.3 is 0 Å². The minimum atomic E-state index is -0.306. The summed E-state index contributed by atoms with van der Waals surface area (Å²) in [6.07, 6.45) is 0.707. The average Bonchev–Trinajstić information content (AvgIpc) is 2.52. The van der Waals surface area contributed by atoms with Gasteiger partial charge in [0.25, 0.3) is 0 Å². The zero-order valence-corrected chi connectivity index (χ0v) is 9.23. The summed E-state index contributed by atoms with van der Waals surface area (Å²) < 4.78 is 0. The zero-order chi connectivity index (χ0) is 10.6. The lowest BCUT2D eigenvalue weighted by molar-refractivity contribution is -0.120. The summed E-state index contributed by atoms with van der Waals surface area (Å²) in [5.41, 5.74) is 6.16. The van der Waals surface area contributed by atoms with Crippen LogP contribution in [0.25, 0.3) is 0 Å². The number of hydrogen-bond acceptors (Lipinski definition) is 4. The van der Waals surface area contributed by atoms with E-state index in [9.17, 15) is 4.79 Å². The maximum Gasteiger partial charge on any atom is 0.234 e. The molecule has 1 amide bonds. The highest BCUT2D eigenvalue weighted by Gasteiger charge is 2.11. The van der Waals surface area contributed by atoms with Crippen LogP contribution >= 0.6 is 11.3 Å². The molecule has 3 N–H and O–H groups in total. The van der Waals surface area contributed by atoms with Crippen LogP contribution in [0.5, 0.6) is 0 Å². The third-order valence-electron chi connectivity index (χ3n) is 1.95. The Morgan fingerprint density at radius 2 is 2.50 bits per heavy atom. The monoisotopic (exact) mass is 213 g/mol. The molecule has 1 aromatic heterocycles. The van der Waals surface area contributed by atoms with Gasteiger partial charge in [-0.25, -0.2) is 4.98 Å². The Balaban J connectivity index is 2.43. The number of carbonyl (C=O) groups excluding carboxylic acids is 1. The van der Waals surface area contributed by atoms with E-state index < -0.39 is 0 Å². The number of rotatable bonds is 5. The lowest BCUT2D eigenvalue weighted by Crippen LogP contribution is -2.40. The first-order valence-electron chi connectivity index (χ1n) is 4.57. The first-order valence-corrected chi connectivity index (χ1v) is 5.45. The molecule has 0 radical (unpaired) electrons. The van der Waals surface area contributed by atoms with Crippen molar-refractivity contribution in [2.24, 2.45) is 5.73 Å². The molecule has 0 saturated carbocycles. The van der Waals surface area contributed by atoms with Crippen molar-refractivity contribution in [3.8, 4) is 0 Å². The maximum atomic E-state index is 10.9. The molecule has 1 atom stereocenters. The van der Waals surface area contributed by atoms with E-state index in [0.717, 1.165) is 10.7 Å². The standard InChI is InChI=1S/C9H15N3OS/c1-3-8(9(10)13)11-4-7-5-14-6(2)12-7/h5,8,11H,3-4H2,1-2H3,(H2,10,13). The van der Waals surface area contributed by atoms with Crippen molar-refractivity contribution in [3.05, 3.63) is 16.1 Å². The van der Waals surface area contributed by atoms with Crippen LogP contribution in [0.3, 0.4) is 0 Å². The predicted octanol–water partition coefficient (Wildman–Crippen LogP) is 0.805. The molecule has 1 unspecified atom stereocenters. The molecule has 0 aliphatic rings. The van der Waals surface area contributed by atoms with Crippen LogP contribution in [0.15, 0.2) is 5.38 Å². The van der Waals surface area contributed by atoms with Crippen LogP contribution in [0, 0.1) is 6.92 Å². The Bertz CT molecular complexity index is 311. The molecule has 0 aromatic carbocycles. The van der Waals surface area contributed by atoms with Gasteiger partial charge in [0, 0.05) is 11.9 Å². The van der Waals surface area contributed by atoms with Crippen LogP contribution in [-0.4, -0.2) is 16.9 Å². The normalized spacial score (nSPS) is 12.7. The molecule has 0 fully saturated rings. The predicted molar refractivity (Wildman–Crippen MR) is 57.0 cm³/mol. The quantitative estimate of drug-likeness (QED) is 0.760. The smallest absolute Gasteiger partial charge is 0.234 e. The number of aromatic nitrogens is 1. The molecule has 14 heavy (non-hydrogen) atoms. The van der Waals surface area contributed by atoms with E-state index in [1.807, 2.05) is 19.2 Å². The van der Waals surface area contributed by atoms with Crippen LogP contribution in [0.4, 0.5) is 0 Å². The van der Waals surface area contributed by atoms with Crippen LogP contribution in [0.2, 0.25) is 0 Å². The molecular formula is C9H15N3OS. The highest BCUT2D eigenvalue weighted by atomic mass is 32.1. The Morgan fingerprint density at radius 1 is 1.79 bits per heavy atom. The largest absolute Gasteiger partial charge is 0.368 e. The van der Waals surface area contributed by atoms with Gasteiger partial charge in [-0.05, 0) is 13.3 Å². The van der Waals surface area contributed by atoms with Crippen molar-refractivity contribution in [2.45, 2.75) is 32.9 Å². The van der Waals surface area contributed by atoms with Crippen molar-refractivity contribution in [1.82, 2.24) is 10.3 Å². The maximum absolute atomic E-state index is 10.9. The summed E-state index contributed by atoms with van der Waals surface area (Å²) in [5.74, 6) is -0.306. The van der Waals surface area contributed by atoms with Gasteiger partial charge in [-0.15, -0.1) is 11.3 Å². The van der Waals surface area contributed by atoms with Crippen molar-refractivity contribution in [3.63, 3.8) is 0 Å². The summed E-state index contributed by atoms with van der Waals surface area (Å²) >= 11 is 1.60. The SMILES string of the molecule is CCC(NCc1csc(C)n1)C(N)=O. The van der Waals surface area contributed by atoms with Gasteiger partial charge in [0.2, 0.25) is 5.91 Å². The Hall–Kier alpha value is -0.940. The molecular weight excluding hydrogens is 198 g/mol. The minimum absolute atomic E-state index is 0.253. The molecule has 78 valence electrons. The lowest BCUT2D eigenvalue weighted by Gasteiger charge is -2.11. The third-order valence-corrected chi connectivity index (χ3v) is 2.77. The molecule has 0 aliphatic carbocycles. The number of primary amides is 1. The van der Waals surface area contributed by atoms with Crippen molar-refractivity contribution in [1.29, 1.82) is 0 Å². The first kappa shape index (κ1) is 11.1. The van der Waals surface area contributed by atoms with Crippen LogP contribution in [-0.2, 0) is 11.3 Å². The van der Waals surface area contributed by atoms with Crippen LogP contribution in [0.1, 0.15) is 24.0 Å². The number of nitrogens with two attached hydrogens (primary N) is 1. The average molecular weight is 213 g/mol. The zero-order valence-electron chi connectivity index (χ0n) is 8.41. The highest BCUT2D eigenvalue weighted by molar-refractivity contribution is 7.09. The number of aryl methyl sites for hydroxylation is 1. The molecule has 0 spiro atoms. The Kier molecular flexibility index (Phi) is 4.03. The van der Waals surface area contributed by atoms with Gasteiger partial charge in [-0.2, -0.15) is 0 Å². The number of hydrogen-bond donors (Lipinski definition) is 2. The van der Waals surface area contributed by atoms with Crippen molar-refractivity contribution >= 4 is 17.2 Å².